The molecule has 0 aromatic rings. The average Bonchev–Trinajstić information content (AvgIpc) is 2.05. The largest absolute Gasteiger partial charge is 0.453 e. The van der Waals surface area contributed by atoms with Crippen molar-refractivity contribution < 1.29 is 14.7 Å². The molecule has 0 N–H and O–H groups in total. The number of hydrogen-bond donors (Lipinski definition) is 0. The standard InChI is InChI=1S/C7H9NO3/c9-5-6-1-3-8(4-2-6)7(10)11/h6H,1-4H2. The zero-order chi connectivity index (χ0) is 8.27. The second-order valence-corrected chi connectivity index (χ2v) is 2.65. The highest BCUT2D eigenvalue weighted by Gasteiger charge is 2.22. The minimum absolute atomic E-state index is 0.0781. The first-order valence-corrected chi connectivity index (χ1v) is 3.57. The quantitative estimate of drug-likeness (QED) is 0.548. The number of carbonyl (C=O) groups is 1. The van der Waals surface area contributed by atoms with Gasteiger partial charge in [0.1, 0.15) is 0 Å². The third kappa shape index (κ3) is 1.93. The summed E-state index contributed by atoms with van der Waals surface area (Å²) in [6.07, 6.45) is 1.89. The van der Waals surface area contributed by atoms with Gasteiger partial charge in [0.25, 0.3) is 0 Å². The smallest absolute Gasteiger partial charge is 0.305 e. The Hall–Kier alpha value is -1.06. The Morgan fingerprint density at radius 1 is 1.36 bits per heavy atom. The van der Waals surface area contributed by atoms with Crippen molar-refractivity contribution in [3.8, 4) is 0 Å². The third-order valence-electron chi connectivity index (χ3n) is 1.92. The van der Waals surface area contributed by atoms with Crippen LogP contribution in [0.5, 0.6) is 0 Å². The van der Waals surface area contributed by atoms with E-state index in [9.17, 15) is 14.7 Å². The van der Waals surface area contributed by atoms with Gasteiger partial charge >= 0.3 is 6.09 Å². The Labute approximate surface area is 64.8 Å². The van der Waals surface area contributed by atoms with Gasteiger partial charge in [0, 0.05) is 19.0 Å². The van der Waals surface area contributed by atoms with E-state index in [1.54, 1.807) is 0 Å². The van der Waals surface area contributed by atoms with Crippen LogP contribution in [-0.2, 0) is 9.90 Å². The van der Waals surface area contributed by atoms with E-state index >= 15 is 0 Å². The topological polar surface area (TPSA) is 57.3 Å². The summed E-state index contributed by atoms with van der Waals surface area (Å²) >= 11 is 0. The molecular formula is C7H9NO3. The van der Waals surface area contributed by atoms with E-state index in [4.69, 9.17) is 0 Å². The van der Waals surface area contributed by atoms with Crippen molar-refractivity contribution in [2.45, 2.75) is 12.8 Å². The Bertz CT molecular complexity index is 161. The van der Waals surface area contributed by atoms with E-state index in [-0.39, 0.29) is 5.92 Å². The van der Waals surface area contributed by atoms with Crippen LogP contribution in [0.25, 0.3) is 0 Å². The van der Waals surface area contributed by atoms with Gasteiger partial charge in [0.2, 0.25) is 6.29 Å². The molecule has 4 nitrogen and oxygen atoms in total. The van der Waals surface area contributed by atoms with E-state index in [2.05, 4.69) is 0 Å². The Kier molecular flexibility index (Phi) is 2.46. The molecule has 0 unspecified atom stereocenters. The molecule has 1 aliphatic heterocycles. The molecule has 0 aromatic heterocycles. The van der Waals surface area contributed by atoms with Gasteiger partial charge in [-0.2, -0.15) is 0 Å². The third-order valence-corrected chi connectivity index (χ3v) is 1.92. The monoisotopic (exact) mass is 155 g/mol. The van der Waals surface area contributed by atoms with Gasteiger partial charge in [0.15, 0.2) is 0 Å². The molecular weight excluding hydrogens is 146 g/mol. The van der Waals surface area contributed by atoms with Crippen molar-refractivity contribution in [1.82, 2.24) is 4.90 Å². The van der Waals surface area contributed by atoms with Crippen LogP contribution in [0.3, 0.4) is 0 Å². The summed E-state index contributed by atoms with van der Waals surface area (Å²) in [5.41, 5.74) is 0. The summed E-state index contributed by atoms with van der Waals surface area (Å²) in [6, 6.07) is 0. The minimum atomic E-state index is -1.14. The van der Waals surface area contributed by atoms with Gasteiger partial charge in [-0.25, -0.2) is 9.90 Å². The van der Waals surface area contributed by atoms with Crippen molar-refractivity contribution in [2.75, 3.05) is 13.1 Å². The summed E-state index contributed by atoms with van der Waals surface area (Å²) < 4.78 is 0. The summed E-state index contributed by atoms with van der Waals surface area (Å²) in [7, 11) is 0. The summed E-state index contributed by atoms with van der Waals surface area (Å²) in [4.78, 5) is 21.6. The van der Waals surface area contributed by atoms with Crippen molar-refractivity contribution in [2.24, 2.45) is 5.92 Å². The molecule has 2 radical (unpaired) electrons. The predicted molar refractivity (Wildman–Crippen MR) is 36.1 cm³/mol. The van der Waals surface area contributed by atoms with E-state index < -0.39 is 6.09 Å². The number of likely N-dealkylation sites (tertiary alicyclic amines) is 1. The van der Waals surface area contributed by atoms with E-state index in [1.165, 1.54) is 4.90 Å². The zero-order valence-electron chi connectivity index (χ0n) is 6.08. The molecule has 1 saturated heterocycles. The van der Waals surface area contributed by atoms with Crippen LogP contribution in [0.1, 0.15) is 12.8 Å². The molecule has 1 heterocycles. The first kappa shape index (κ1) is 8.04. The lowest BCUT2D eigenvalue weighted by Crippen LogP contribution is -2.37. The molecule has 1 rings (SSSR count). The molecule has 0 atom stereocenters. The fraction of sp³-hybridized carbons (Fsp3) is 0.714. The molecule has 4 heteroatoms. The summed E-state index contributed by atoms with van der Waals surface area (Å²) in [5, 5.41) is 10.3. The Balaban J connectivity index is 2.35. The first-order chi connectivity index (χ1) is 5.24. The van der Waals surface area contributed by atoms with Crippen LogP contribution >= 0.6 is 0 Å². The van der Waals surface area contributed by atoms with Gasteiger partial charge in [-0.15, -0.1) is 0 Å². The maximum absolute atomic E-state index is 10.3. The second-order valence-electron chi connectivity index (χ2n) is 2.65. The van der Waals surface area contributed by atoms with E-state index in [1.807, 2.05) is 6.29 Å². The van der Waals surface area contributed by atoms with Crippen LogP contribution in [-0.4, -0.2) is 30.4 Å². The zero-order valence-corrected chi connectivity index (χ0v) is 6.08. The molecule has 1 fully saturated rings. The summed E-state index contributed by atoms with van der Waals surface area (Å²) in [6.45, 7) is 0.810. The normalized spacial score (nSPS) is 19.8. The van der Waals surface area contributed by atoms with Gasteiger partial charge in [-0.1, -0.05) is 0 Å². The highest BCUT2D eigenvalue weighted by atomic mass is 16.4. The number of rotatable bonds is 1. The summed E-state index contributed by atoms with van der Waals surface area (Å²) in [5.74, 6) is -0.0781. The lowest BCUT2D eigenvalue weighted by molar-refractivity contribution is 0.107. The van der Waals surface area contributed by atoms with Crippen molar-refractivity contribution in [1.29, 1.82) is 0 Å². The minimum Gasteiger partial charge on any atom is -0.305 e. The predicted octanol–water partition coefficient (Wildman–Crippen LogP) is 0.359. The van der Waals surface area contributed by atoms with Crippen molar-refractivity contribution in [3.05, 3.63) is 0 Å². The molecule has 0 aliphatic carbocycles. The fourth-order valence-electron chi connectivity index (χ4n) is 1.18. The molecule has 0 aromatic carbocycles. The lowest BCUT2D eigenvalue weighted by atomic mass is 9.99. The van der Waals surface area contributed by atoms with Crippen LogP contribution in [0, 0.1) is 5.92 Å². The van der Waals surface area contributed by atoms with Crippen LogP contribution < -0.4 is 0 Å². The van der Waals surface area contributed by atoms with Crippen LogP contribution in [0.2, 0.25) is 0 Å². The van der Waals surface area contributed by atoms with Gasteiger partial charge < -0.3 is 4.90 Å². The molecule has 0 bridgehead atoms. The molecule has 0 saturated carbocycles. The average molecular weight is 155 g/mol. The van der Waals surface area contributed by atoms with Crippen molar-refractivity contribution in [3.63, 3.8) is 0 Å². The molecule has 11 heavy (non-hydrogen) atoms. The number of hydrogen-bond acceptors (Lipinski definition) is 2. The van der Waals surface area contributed by atoms with Crippen LogP contribution in [0.15, 0.2) is 0 Å². The van der Waals surface area contributed by atoms with Crippen LogP contribution in [0.4, 0.5) is 4.79 Å². The molecule has 60 valence electrons. The van der Waals surface area contributed by atoms with Gasteiger partial charge in [-0.05, 0) is 12.8 Å². The highest BCUT2D eigenvalue weighted by Crippen LogP contribution is 2.14. The number of piperidine rings is 1. The second kappa shape index (κ2) is 3.37. The fourth-order valence-corrected chi connectivity index (χ4v) is 1.18. The molecule has 0 spiro atoms. The molecule has 1 aliphatic rings. The lowest BCUT2D eigenvalue weighted by Gasteiger charge is -2.25. The Morgan fingerprint density at radius 3 is 2.27 bits per heavy atom. The number of amides is 1. The van der Waals surface area contributed by atoms with Gasteiger partial charge in [0.05, 0.1) is 0 Å². The maximum atomic E-state index is 10.3. The number of carbonyl (C=O) groups excluding carboxylic acids is 2. The molecule has 1 amide bonds. The highest BCUT2D eigenvalue weighted by molar-refractivity contribution is 5.65. The van der Waals surface area contributed by atoms with E-state index in [0.717, 1.165) is 0 Å². The number of nitrogens with zero attached hydrogens (tertiary/aromatic N) is 1. The first-order valence-electron chi connectivity index (χ1n) is 3.57. The SMILES string of the molecule is [O]C(=O)N1CCC([C]=O)CC1. The van der Waals surface area contributed by atoms with Gasteiger partial charge in [-0.3, -0.25) is 4.79 Å². The van der Waals surface area contributed by atoms with E-state index in [0.29, 0.717) is 25.9 Å². The Morgan fingerprint density at radius 2 is 1.91 bits per heavy atom. The maximum Gasteiger partial charge on any atom is 0.453 e. The van der Waals surface area contributed by atoms with Crippen molar-refractivity contribution >= 4 is 12.4 Å².